The zero-order valence-corrected chi connectivity index (χ0v) is 11.1. The van der Waals surface area contributed by atoms with E-state index in [4.69, 9.17) is 28.5 Å². The van der Waals surface area contributed by atoms with Crippen LogP contribution in [0.4, 0.5) is 5.00 Å². The fourth-order valence-corrected chi connectivity index (χ4v) is 2.36. The molecule has 18 heavy (non-hydrogen) atoms. The summed E-state index contributed by atoms with van der Waals surface area (Å²) in [5.41, 5.74) is 0.572. The molecule has 1 aromatic carbocycles. The second-order valence-electron chi connectivity index (χ2n) is 3.23. The summed E-state index contributed by atoms with van der Waals surface area (Å²) < 4.78 is 3.80. The minimum Gasteiger partial charge on any atom is -0.311 e. The Morgan fingerprint density at radius 3 is 2.72 bits per heavy atom. The number of carbonyl (C=O) groups excluding carboxylic acids is 1. The first kappa shape index (κ1) is 12.8. The van der Waals surface area contributed by atoms with Gasteiger partial charge < -0.3 is 5.32 Å². The van der Waals surface area contributed by atoms with Gasteiger partial charge in [-0.3, -0.25) is 4.79 Å². The van der Waals surface area contributed by atoms with Gasteiger partial charge in [0.1, 0.15) is 10.0 Å². The number of halogens is 2. The highest BCUT2D eigenvalue weighted by Crippen LogP contribution is 2.33. The highest BCUT2D eigenvalue weighted by molar-refractivity contribution is 7.11. The van der Waals surface area contributed by atoms with Crippen LogP contribution in [-0.2, 0) is 0 Å². The second-order valence-corrected chi connectivity index (χ2v) is 4.74. The predicted octanol–water partition coefficient (Wildman–Crippen LogP) is 3.57. The smallest absolute Gasteiger partial charge is 0.257 e. The first-order valence-electron chi connectivity index (χ1n) is 4.74. The van der Waals surface area contributed by atoms with Gasteiger partial charge in [0, 0.05) is 0 Å². The third-order valence-corrected chi connectivity index (χ3v) is 3.83. The van der Waals surface area contributed by atoms with Crippen molar-refractivity contribution in [2.75, 3.05) is 5.32 Å². The number of rotatable bonds is 2. The molecular weight excluding hydrogens is 293 g/mol. The van der Waals surface area contributed by atoms with Crippen LogP contribution in [0.2, 0.25) is 10.2 Å². The number of aromatic nitrogens is 1. The Morgan fingerprint density at radius 1 is 1.39 bits per heavy atom. The summed E-state index contributed by atoms with van der Waals surface area (Å²) in [7, 11) is 0. The van der Waals surface area contributed by atoms with Crippen molar-refractivity contribution in [1.29, 1.82) is 5.26 Å². The largest absolute Gasteiger partial charge is 0.311 e. The standard InChI is InChI=1S/C11H5Cl2N3OS/c12-8-9(13)16-18-11(8)15-10(17)7-4-2-1-3-6(7)5-14/h1-4H,(H,15,17). The van der Waals surface area contributed by atoms with Crippen molar-refractivity contribution < 1.29 is 4.79 Å². The van der Waals surface area contributed by atoms with E-state index in [9.17, 15) is 4.79 Å². The minimum absolute atomic E-state index is 0.144. The molecule has 7 heteroatoms. The van der Waals surface area contributed by atoms with Gasteiger partial charge in [-0.25, -0.2) is 0 Å². The summed E-state index contributed by atoms with van der Waals surface area (Å²) in [6.45, 7) is 0. The molecule has 0 radical (unpaired) electrons. The predicted molar refractivity (Wildman–Crippen MR) is 71.2 cm³/mol. The molecule has 0 aliphatic rings. The van der Waals surface area contributed by atoms with Gasteiger partial charge in [-0.15, -0.1) is 0 Å². The third-order valence-electron chi connectivity index (χ3n) is 2.12. The molecular formula is C11H5Cl2N3OS. The average Bonchev–Trinajstić information content (AvgIpc) is 2.70. The maximum atomic E-state index is 12.0. The van der Waals surface area contributed by atoms with Crippen molar-refractivity contribution in [1.82, 2.24) is 4.37 Å². The summed E-state index contributed by atoms with van der Waals surface area (Å²) in [5.74, 6) is -0.422. The van der Waals surface area contributed by atoms with Gasteiger partial charge in [0.05, 0.1) is 17.2 Å². The number of benzene rings is 1. The summed E-state index contributed by atoms with van der Waals surface area (Å²) in [5, 5.41) is 12.2. The summed E-state index contributed by atoms with van der Waals surface area (Å²) in [4.78, 5) is 12.0. The zero-order chi connectivity index (χ0) is 13.1. The maximum absolute atomic E-state index is 12.0. The van der Waals surface area contributed by atoms with E-state index < -0.39 is 5.91 Å². The fraction of sp³-hybridized carbons (Fsp3) is 0. The fourth-order valence-electron chi connectivity index (χ4n) is 1.29. The molecule has 0 fully saturated rings. The van der Waals surface area contributed by atoms with Crippen LogP contribution in [0.3, 0.4) is 0 Å². The van der Waals surface area contributed by atoms with Crippen LogP contribution < -0.4 is 5.32 Å². The maximum Gasteiger partial charge on any atom is 0.257 e. The number of hydrogen-bond donors (Lipinski definition) is 1. The zero-order valence-electron chi connectivity index (χ0n) is 8.78. The van der Waals surface area contributed by atoms with Gasteiger partial charge in [0.2, 0.25) is 0 Å². The van der Waals surface area contributed by atoms with Crippen LogP contribution in [-0.4, -0.2) is 10.3 Å². The summed E-state index contributed by atoms with van der Waals surface area (Å²) in [6.07, 6.45) is 0. The average molecular weight is 298 g/mol. The highest BCUT2D eigenvalue weighted by Gasteiger charge is 2.15. The van der Waals surface area contributed by atoms with Gasteiger partial charge in [0.15, 0.2) is 5.15 Å². The molecule has 0 spiro atoms. The molecule has 4 nitrogen and oxygen atoms in total. The summed E-state index contributed by atoms with van der Waals surface area (Å²) >= 11 is 12.5. The van der Waals surface area contributed by atoms with Gasteiger partial charge in [-0.05, 0) is 23.7 Å². The van der Waals surface area contributed by atoms with Crippen molar-refractivity contribution in [3.63, 3.8) is 0 Å². The SMILES string of the molecule is N#Cc1ccccc1C(=O)Nc1snc(Cl)c1Cl. The normalized spacial score (nSPS) is 9.83. The second kappa shape index (κ2) is 5.36. The molecule has 0 saturated carbocycles. The van der Waals surface area contributed by atoms with E-state index in [2.05, 4.69) is 9.69 Å². The Labute approximate surface area is 117 Å². The molecule has 1 N–H and O–H groups in total. The first-order chi connectivity index (χ1) is 8.63. The summed E-state index contributed by atoms with van der Waals surface area (Å²) in [6, 6.07) is 8.44. The Morgan fingerprint density at radius 2 is 2.11 bits per heavy atom. The molecule has 0 unspecified atom stereocenters. The van der Waals surface area contributed by atoms with Gasteiger partial charge in [0.25, 0.3) is 5.91 Å². The Bertz CT molecular complexity index is 648. The highest BCUT2D eigenvalue weighted by atomic mass is 35.5. The molecule has 2 aromatic rings. The molecule has 0 saturated heterocycles. The van der Waals surface area contributed by atoms with E-state index >= 15 is 0 Å². The van der Waals surface area contributed by atoms with Crippen LogP contribution in [0.5, 0.6) is 0 Å². The first-order valence-corrected chi connectivity index (χ1v) is 6.27. The van der Waals surface area contributed by atoms with Gasteiger partial charge >= 0.3 is 0 Å². The van der Waals surface area contributed by atoms with Crippen molar-refractivity contribution in [3.05, 3.63) is 45.6 Å². The Hall–Kier alpha value is -1.61. The van der Waals surface area contributed by atoms with Gasteiger partial charge in [-0.1, -0.05) is 35.3 Å². The number of nitrogens with one attached hydrogen (secondary N) is 1. The Kier molecular flexibility index (Phi) is 3.82. The lowest BCUT2D eigenvalue weighted by Crippen LogP contribution is -2.12. The molecule has 1 heterocycles. The molecule has 2 rings (SSSR count). The van der Waals surface area contributed by atoms with Gasteiger partial charge in [-0.2, -0.15) is 9.64 Å². The molecule has 1 aromatic heterocycles. The number of amides is 1. The van der Waals surface area contributed by atoms with E-state index in [1.54, 1.807) is 24.3 Å². The molecule has 0 aliphatic heterocycles. The number of anilines is 1. The Balaban J connectivity index is 2.28. The molecule has 0 aliphatic carbocycles. The van der Waals surface area contributed by atoms with Crippen LogP contribution in [0, 0.1) is 11.3 Å². The van der Waals surface area contributed by atoms with Crippen LogP contribution in [0.15, 0.2) is 24.3 Å². The van der Waals surface area contributed by atoms with E-state index in [0.717, 1.165) is 11.5 Å². The number of hydrogen-bond acceptors (Lipinski definition) is 4. The molecule has 0 bridgehead atoms. The van der Waals surface area contributed by atoms with E-state index in [1.165, 1.54) is 0 Å². The third kappa shape index (κ3) is 2.46. The van der Waals surface area contributed by atoms with Crippen molar-refractivity contribution in [2.24, 2.45) is 0 Å². The van der Waals surface area contributed by atoms with Crippen molar-refractivity contribution in [2.45, 2.75) is 0 Å². The number of nitriles is 1. The van der Waals surface area contributed by atoms with E-state index in [0.29, 0.717) is 10.6 Å². The van der Waals surface area contributed by atoms with Crippen LogP contribution in [0.1, 0.15) is 15.9 Å². The molecule has 0 atom stereocenters. The topological polar surface area (TPSA) is 65.8 Å². The number of carbonyl (C=O) groups is 1. The quantitative estimate of drug-likeness (QED) is 0.921. The monoisotopic (exact) mass is 297 g/mol. The minimum atomic E-state index is -0.422. The number of nitrogens with zero attached hydrogens (tertiary/aromatic N) is 2. The molecule has 1 amide bonds. The van der Waals surface area contributed by atoms with Crippen molar-refractivity contribution >= 4 is 45.6 Å². The lowest BCUT2D eigenvalue weighted by molar-refractivity contribution is 0.102. The van der Waals surface area contributed by atoms with Crippen LogP contribution >= 0.6 is 34.7 Å². The van der Waals surface area contributed by atoms with E-state index in [-0.39, 0.29) is 15.7 Å². The lowest BCUT2D eigenvalue weighted by atomic mass is 10.1. The molecule has 90 valence electrons. The van der Waals surface area contributed by atoms with E-state index in [1.807, 2.05) is 6.07 Å². The van der Waals surface area contributed by atoms with Crippen molar-refractivity contribution in [3.8, 4) is 6.07 Å². The lowest BCUT2D eigenvalue weighted by Gasteiger charge is -2.04. The van der Waals surface area contributed by atoms with Crippen LogP contribution in [0.25, 0.3) is 0 Å².